The molecule has 0 saturated heterocycles. The molecule has 3 nitrogen and oxygen atoms in total. The zero-order chi connectivity index (χ0) is 11.8. The number of unbranched alkanes of at least 4 members (excludes halogenated alkanes) is 2. The second-order valence-electron chi connectivity index (χ2n) is 3.89. The van der Waals surface area contributed by atoms with Crippen molar-refractivity contribution in [1.82, 2.24) is 5.32 Å². The van der Waals surface area contributed by atoms with E-state index in [-0.39, 0.29) is 5.91 Å². The Bertz CT molecular complexity index is 311. The first-order chi connectivity index (χ1) is 7.75. The predicted molar refractivity (Wildman–Crippen MR) is 65.9 cm³/mol. The number of hydrogen-bond acceptors (Lipinski definition) is 2. The highest BCUT2D eigenvalue weighted by molar-refractivity contribution is 5.82. The summed E-state index contributed by atoms with van der Waals surface area (Å²) in [6, 6.07) is 8.88. The maximum absolute atomic E-state index is 11.7. The van der Waals surface area contributed by atoms with E-state index in [2.05, 4.69) is 12.2 Å². The van der Waals surface area contributed by atoms with E-state index in [1.165, 1.54) is 0 Å². The minimum Gasteiger partial charge on any atom is -0.354 e. The molecule has 1 rings (SSSR count). The molecular weight excluding hydrogens is 200 g/mol. The molecule has 1 amide bonds. The Morgan fingerprint density at radius 2 is 2.00 bits per heavy atom. The lowest BCUT2D eigenvalue weighted by Gasteiger charge is -2.12. The molecule has 0 unspecified atom stereocenters. The summed E-state index contributed by atoms with van der Waals surface area (Å²) in [7, 11) is 0. The standard InChI is InChI=1S/C13H20N2O/c1-2-3-7-10-15-13(16)12(14)11-8-5-4-6-9-11/h4-6,8-9,12H,2-3,7,10,14H2,1H3,(H,15,16)/t12-/m0/s1. The van der Waals surface area contributed by atoms with E-state index in [1.54, 1.807) is 0 Å². The second kappa shape index (κ2) is 7.01. The van der Waals surface area contributed by atoms with Crippen LogP contribution in [0.25, 0.3) is 0 Å². The number of rotatable bonds is 6. The van der Waals surface area contributed by atoms with Gasteiger partial charge in [-0.25, -0.2) is 0 Å². The molecule has 0 spiro atoms. The Balaban J connectivity index is 2.37. The van der Waals surface area contributed by atoms with Crippen LogP contribution in [0.3, 0.4) is 0 Å². The van der Waals surface area contributed by atoms with Gasteiger partial charge in [0.2, 0.25) is 5.91 Å². The molecule has 1 atom stereocenters. The molecule has 1 aromatic rings. The summed E-state index contributed by atoms with van der Waals surface area (Å²) < 4.78 is 0. The molecule has 88 valence electrons. The summed E-state index contributed by atoms with van der Waals surface area (Å²) in [4.78, 5) is 11.7. The zero-order valence-electron chi connectivity index (χ0n) is 9.78. The van der Waals surface area contributed by atoms with Crippen molar-refractivity contribution in [2.45, 2.75) is 32.2 Å². The van der Waals surface area contributed by atoms with Crippen LogP contribution < -0.4 is 11.1 Å². The molecule has 3 heteroatoms. The largest absolute Gasteiger partial charge is 0.354 e. The highest BCUT2D eigenvalue weighted by Gasteiger charge is 2.13. The van der Waals surface area contributed by atoms with E-state index in [4.69, 9.17) is 5.73 Å². The normalized spacial score (nSPS) is 12.1. The number of carbonyl (C=O) groups is 1. The Labute approximate surface area is 97.0 Å². The van der Waals surface area contributed by atoms with E-state index in [1.807, 2.05) is 30.3 Å². The Hall–Kier alpha value is -1.35. The average Bonchev–Trinajstić information content (AvgIpc) is 2.34. The monoisotopic (exact) mass is 220 g/mol. The molecule has 0 aliphatic rings. The third-order valence-electron chi connectivity index (χ3n) is 2.52. The quantitative estimate of drug-likeness (QED) is 0.720. The topological polar surface area (TPSA) is 55.1 Å². The van der Waals surface area contributed by atoms with Crippen molar-refractivity contribution in [3.63, 3.8) is 0 Å². The Morgan fingerprint density at radius 3 is 2.62 bits per heavy atom. The zero-order valence-corrected chi connectivity index (χ0v) is 9.78. The SMILES string of the molecule is CCCCCNC(=O)[C@@H](N)c1ccccc1. The molecule has 0 heterocycles. The summed E-state index contributed by atoms with van der Waals surface area (Å²) in [5.41, 5.74) is 6.70. The van der Waals surface area contributed by atoms with E-state index in [0.29, 0.717) is 6.54 Å². The van der Waals surface area contributed by atoms with Gasteiger partial charge < -0.3 is 11.1 Å². The van der Waals surface area contributed by atoms with Gasteiger partial charge in [-0.1, -0.05) is 50.1 Å². The molecule has 0 aliphatic heterocycles. The van der Waals surface area contributed by atoms with Gasteiger partial charge in [-0.3, -0.25) is 4.79 Å². The molecule has 0 fully saturated rings. The van der Waals surface area contributed by atoms with Gasteiger partial charge in [0.1, 0.15) is 6.04 Å². The van der Waals surface area contributed by atoms with E-state index >= 15 is 0 Å². The highest BCUT2D eigenvalue weighted by Crippen LogP contribution is 2.09. The first kappa shape index (κ1) is 12.7. The van der Waals surface area contributed by atoms with E-state index < -0.39 is 6.04 Å². The number of carbonyl (C=O) groups excluding carboxylic acids is 1. The van der Waals surface area contributed by atoms with Crippen LogP contribution in [0, 0.1) is 0 Å². The molecule has 0 saturated carbocycles. The molecule has 0 aromatic heterocycles. The van der Waals surface area contributed by atoms with Gasteiger partial charge in [-0.2, -0.15) is 0 Å². The van der Waals surface area contributed by atoms with Crippen molar-refractivity contribution >= 4 is 5.91 Å². The lowest BCUT2D eigenvalue weighted by atomic mass is 10.1. The fourth-order valence-electron chi connectivity index (χ4n) is 1.51. The van der Waals surface area contributed by atoms with Crippen LogP contribution in [-0.4, -0.2) is 12.5 Å². The summed E-state index contributed by atoms with van der Waals surface area (Å²) in [5, 5.41) is 2.85. The molecule has 0 radical (unpaired) electrons. The summed E-state index contributed by atoms with van der Waals surface area (Å²) in [6.07, 6.45) is 3.31. The molecule has 3 N–H and O–H groups in total. The van der Waals surface area contributed by atoms with Gasteiger partial charge in [-0.15, -0.1) is 0 Å². The van der Waals surface area contributed by atoms with Crippen LogP contribution in [0.5, 0.6) is 0 Å². The smallest absolute Gasteiger partial charge is 0.241 e. The van der Waals surface area contributed by atoms with Crippen LogP contribution in [0.4, 0.5) is 0 Å². The summed E-state index contributed by atoms with van der Waals surface area (Å²) >= 11 is 0. The lowest BCUT2D eigenvalue weighted by Crippen LogP contribution is -2.34. The molecule has 1 aromatic carbocycles. The van der Waals surface area contributed by atoms with Crippen LogP contribution in [-0.2, 0) is 4.79 Å². The minimum atomic E-state index is -0.553. The minimum absolute atomic E-state index is 0.0951. The lowest BCUT2D eigenvalue weighted by molar-refractivity contribution is -0.122. The first-order valence-electron chi connectivity index (χ1n) is 5.84. The van der Waals surface area contributed by atoms with Crippen LogP contribution in [0.2, 0.25) is 0 Å². The number of amides is 1. The third kappa shape index (κ3) is 4.03. The van der Waals surface area contributed by atoms with Crippen LogP contribution in [0.1, 0.15) is 37.8 Å². The Morgan fingerprint density at radius 1 is 1.31 bits per heavy atom. The van der Waals surface area contributed by atoms with Crippen molar-refractivity contribution < 1.29 is 4.79 Å². The van der Waals surface area contributed by atoms with Gasteiger partial charge >= 0.3 is 0 Å². The number of nitrogens with two attached hydrogens (primary N) is 1. The number of hydrogen-bond donors (Lipinski definition) is 2. The highest BCUT2D eigenvalue weighted by atomic mass is 16.2. The van der Waals surface area contributed by atoms with Crippen LogP contribution >= 0.6 is 0 Å². The fourth-order valence-corrected chi connectivity index (χ4v) is 1.51. The maximum Gasteiger partial charge on any atom is 0.241 e. The summed E-state index contributed by atoms with van der Waals surface area (Å²) in [6.45, 7) is 2.85. The van der Waals surface area contributed by atoms with Gasteiger partial charge in [0.25, 0.3) is 0 Å². The van der Waals surface area contributed by atoms with Crippen LogP contribution in [0.15, 0.2) is 30.3 Å². The Kier molecular flexibility index (Phi) is 5.57. The predicted octanol–water partition coefficient (Wildman–Crippen LogP) is 1.99. The second-order valence-corrected chi connectivity index (χ2v) is 3.89. The first-order valence-corrected chi connectivity index (χ1v) is 5.84. The van der Waals surface area contributed by atoms with Gasteiger partial charge in [-0.05, 0) is 12.0 Å². The fraction of sp³-hybridized carbons (Fsp3) is 0.462. The molecule has 16 heavy (non-hydrogen) atoms. The molecule has 0 bridgehead atoms. The van der Waals surface area contributed by atoms with Gasteiger partial charge in [0.05, 0.1) is 0 Å². The summed E-state index contributed by atoms with van der Waals surface area (Å²) in [5.74, 6) is -0.0951. The molecular formula is C13H20N2O. The molecule has 0 aliphatic carbocycles. The van der Waals surface area contributed by atoms with Crippen molar-refractivity contribution in [1.29, 1.82) is 0 Å². The number of nitrogens with one attached hydrogen (secondary N) is 1. The van der Waals surface area contributed by atoms with E-state index in [0.717, 1.165) is 24.8 Å². The van der Waals surface area contributed by atoms with Gasteiger partial charge in [0, 0.05) is 6.54 Å². The maximum atomic E-state index is 11.7. The van der Waals surface area contributed by atoms with E-state index in [9.17, 15) is 4.79 Å². The van der Waals surface area contributed by atoms with Crippen molar-refractivity contribution in [2.24, 2.45) is 5.73 Å². The van der Waals surface area contributed by atoms with Crippen molar-refractivity contribution in [2.75, 3.05) is 6.54 Å². The average molecular weight is 220 g/mol. The van der Waals surface area contributed by atoms with Crippen molar-refractivity contribution in [3.05, 3.63) is 35.9 Å². The van der Waals surface area contributed by atoms with Gasteiger partial charge in [0.15, 0.2) is 0 Å². The number of benzene rings is 1. The van der Waals surface area contributed by atoms with Crippen molar-refractivity contribution in [3.8, 4) is 0 Å². The third-order valence-corrected chi connectivity index (χ3v) is 2.52.